The van der Waals surface area contributed by atoms with Gasteiger partial charge in [-0.25, -0.2) is 21.6 Å². The standard InChI is InChI=1S/C19H21F3N2O3S/c1-28(25,26)24-16-3-2-10-23-17(16)11-27-13-6-4-12(5-7-13)18-14(20)8-9-15(21)19(18)22/h2-3,8-10,12-13,24H,4-7,11H2,1H3. The van der Waals surface area contributed by atoms with Crippen LogP contribution in [0.4, 0.5) is 18.9 Å². The monoisotopic (exact) mass is 414 g/mol. The Morgan fingerprint density at radius 2 is 1.79 bits per heavy atom. The van der Waals surface area contributed by atoms with Gasteiger partial charge >= 0.3 is 0 Å². The number of rotatable bonds is 6. The summed E-state index contributed by atoms with van der Waals surface area (Å²) in [4.78, 5) is 4.15. The maximum Gasteiger partial charge on any atom is 0.229 e. The van der Waals surface area contributed by atoms with E-state index in [9.17, 15) is 21.6 Å². The number of nitrogens with one attached hydrogen (secondary N) is 1. The second-order valence-electron chi connectivity index (χ2n) is 6.91. The zero-order chi connectivity index (χ0) is 20.3. The molecule has 1 saturated carbocycles. The average Bonchev–Trinajstić information content (AvgIpc) is 2.64. The quantitative estimate of drug-likeness (QED) is 0.723. The molecule has 152 valence electrons. The SMILES string of the molecule is CS(=O)(=O)Nc1cccnc1COC1CCC(c2c(F)ccc(F)c2F)CC1. The second-order valence-corrected chi connectivity index (χ2v) is 8.66. The van der Waals surface area contributed by atoms with Crippen LogP contribution in [0.2, 0.25) is 0 Å². The number of pyridine rings is 1. The van der Waals surface area contributed by atoms with Crippen LogP contribution >= 0.6 is 0 Å². The fourth-order valence-electron chi connectivity index (χ4n) is 3.48. The minimum absolute atomic E-state index is 0.108. The van der Waals surface area contributed by atoms with E-state index in [1.54, 1.807) is 18.3 Å². The van der Waals surface area contributed by atoms with Gasteiger partial charge in [-0.3, -0.25) is 9.71 Å². The minimum Gasteiger partial charge on any atom is -0.372 e. The van der Waals surface area contributed by atoms with E-state index in [1.807, 2.05) is 0 Å². The molecule has 0 atom stereocenters. The van der Waals surface area contributed by atoms with Gasteiger partial charge in [0.15, 0.2) is 11.6 Å². The summed E-state index contributed by atoms with van der Waals surface area (Å²) in [6.07, 6.45) is 4.50. The summed E-state index contributed by atoms with van der Waals surface area (Å²) in [6.45, 7) is 0.108. The lowest BCUT2D eigenvalue weighted by Gasteiger charge is -2.29. The number of hydrogen-bond acceptors (Lipinski definition) is 4. The molecule has 0 radical (unpaired) electrons. The van der Waals surface area contributed by atoms with E-state index in [0.29, 0.717) is 37.1 Å². The van der Waals surface area contributed by atoms with Crippen LogP contribution in [0.15, 0.2) is 30.5 Å². The average molecular weight is 414 g/mol. The molecule has 0 aliphatic heterocycles. The summed E-state index contributed by atoms with van der Waals surface area (Å²) in [5.74, 6) is -3.29. The van der Waals surface area contributed by atoms with Crippen molar-refractivity contribution in [1.29, 1.82) is 0 Å². The molecule has 0 bridgehead atoms. The number of ether oxygens (including phenoxy) is 1. The number of sulfonamides is 1. The lowest BCUT2D eigenvalue weighted by atomic mass is 9.82. The fraction of sp³-hybridized carbons (Fsp3) is 0.421. The molecule has 1 fully saturated rings. The summed E-state index contributed by atoms with van der Waals surface area (Å²) >= 11 is 0. The summed E-state index contributed by atoms with van der Waals surface area (Å²) in [7, 11) is -3.44. The molecule has 9 heteroatoms. The number of halogens is 3. The molecule has 1 aliphatic carbocycles. The van der Waals surface area contributed by atoms with Gasteiger partial charge in [0.05, 0.1) is 30.3 Å². The highest BCUT2D eigenvalue weighted by Crippen LogP contribution is 2.37. The molecule has 28 heavy (non-hydrogen) atoms. The van der Waals surface area contributed by atoms with Crippen molar-refractivity contribution in [2.75, 3.05) is 11.0 Å². The largest absolute Gasteiger partial charge is 0.372 e. The number of hydrogen-bond donors (Lipinski definition) is 1. The van der Waals surface area contributed by atoms with E-state index in [-0.39, 0.29) is 18.3 Å². The number of benzene rings is 1. The fourth-order valence-corrected chi connectivity index (χ4v) is 4.06. The predicted molar refractivity (Wildman–Crippen MR) is 98.8 cm³/mol. The van der Waals surface area contributed by atoms with E-state index in [0.717, 1.165) is 18.4 Å². The van der Waals surface area contributed by atoms with E-state index in [1.165, 1.54) is 0 Å². The minimum atomic E-state index is -3.44. The number of nitrogens with zero attached hydrogens (tertiary/aromatic N) is 1. The second kappa shape index (κ2) is 8.48. The lowest BCUT2D eigenvalue weighted by Crippen LogP contribution is -2.22. The normalized spacial score (nSPS) is 20.1. The van der Waals surface area contributed by atoms with Crippen molar-refractivity contribution < 1.29 is 26.3 Å². The zero-order valence-corrected chi connectivity index (χ0v) is 16.1. The van der Waals surface area contributed by atoms with Gasteiger partial charge in [0.2, 0.25) is 10.0 Å². The van der Waals surface area contributed by atoms with E-state index in [4.69, 9.17) is 4.74 Å². The van der Waals surface area contributed by atoms with Gasteiger partial charge in [0.25, 0.3) is 0 Å². The molecule has 1 aliphatic rings. The summed E-state index contributed by atoms with van der Waals surface area (Å²) < 4.78 is 72.5. The van der Waals surface area contributed by atoms with Crippen LogP contribution in [0.1, 0.15) is 42.9 Å². The molecule has 0 amide bonds. The molecule has 0 saturated heterocycles. The van der Waals surface area contributed by atoms with Gasteiger partial charge < -0.3 is 4.74 Å². The first-order valence-corrected chi connectivity index (χ1v) is 10.8. The van der Waals surface area contributed by atoms with E-state index >= 15 is 0 Å². The molecule has 0 unspecified atom stereocenters. The predicted octanol–water partition coefficient (Wildman–Crippen LogP) is 4.11. The van der Waals surface area contributed by atoms with Gasteiger partial charge in [-0.15, -0.1) is 0 Å². The molecule has 5 nitrogen and oxygen atoms in total. The van der Waals surface area contributed by atoms with Crippen molar-refractivity contribution in [1.82, 2.24) is 4.98 Å². The summed E-state index contributed by atoms with van der Waals surface area (Å²) in [5.41, 5.74) is 0.614. The van der Waals surface area contributed by atoms with Crippen molar-refractivity contribution in [2.45, 2.75) is 44.3 Å². The van der Waals surface area contributed by atoms with Crippen molar-refractivity contribution in [3.05, 3.63) is 59.2 Å². The molecule has 3 rings (SSSR count). The molecule has 1 N–H and O–H groups in total. The lowest BCUT2D eigenvalue weighted by molar-refractivity contribution is 0.0116. The van der Waals surface area contributed by atoms with Gasteiger partial charge in [0, 0.05) is 11.8 Å². The third-order valence-electron chi connectivity index (χ3n) is 4.80. The van der Waals surface area contributed by atoms with Crippen LogP contribution in [0.5, 0.6) is 0 Å². The van der Waals surface area contributed by atoms with Crippen LogP contribution in [0, 0.1) is 17.5 Å². The highest BCUT2D eigenvalue weighted by molar-refractivity contribution is 7.92. The van der Waals surface area contributed by atoms with Crippen molar-refractivity contribution in [3.8, 4) is 0 Å². The third-order valence-corrected chi connectivity index (χ3v) is 5.39. The Bertz CT molecular complexity index is 945. The van der Waals surface area contributed by atoms with Crippen LogP contribution in [-0.4, -0.2) is 25.8 Å². The smallest absolute Gasteiger partial charge is 0.229 e. The third kappa shape index (κ3) is 5.02. The first-order valence-electron chi connectivity index (χ1n) is 8.91. The first kappa shape index (κ1) is 20.6. The Kier molecular flexibility index (Phi) is 6.24. The van der Waals surface area contributed by atoms with E-state index in [2.05, 4.69) is 9.71 Å². The van der Waals surface area contributed by atoms with Crippen LogP contribution in [0.25, 0.3) is 0 Å². The highest BCUT2D eigenvalue weighted by Gasteiger charge is 2.28. The molecule has 1 heterocycles. The van der Waals surface area contributed by atoms with Gasteiger partial charge in [-0.2, -0.15) is 0 Å². The molecular weight excluding hydrogens is 393 g/mol. The number of anilines is 1. The molecule has 1 aromatic carbocycles. The van der Waals surface area contributed by atoms with Gasteiger partial charge in [0.1, 0.15) is 5.82 Å². The molecule has 0 spiro atoms. The molecule has 2 aromatic rings. The Balaban J connectivity index is 1.60. The van der Waals surface area contributed by atoms with Crippen molar-refractivity contribution >= 4 is 15.7 Å². The topological polar surface area (TPSA) is 68.3 Å². The Morgan fingerprint density at radius 1 is 1.11 bits per heavy atom. The van der Waals surface area contributed by atoms with Crippen molar-refractivity contribution in [3.63, 3.8) is 0 Å². The molecular formula is C19H21F3N2O3S. The maximum absolute atomic E-state index is 14.0. The summed E-state index contributed by atoms with van der Waals surface area (Å²) in [6, 6.07) is 4.95. The Morgan fingerprint density at radius 3 is 2.46 bits per heavy atom. The van der Waals surface area contributed by atoms with E-state index < -0.39 is 33.4 Å². The maximum atomic E-state index is 14.0. The summed E-state index contributed by atoms with van der Waals surface area (Å²) in [5, 5.41) is 0. The Hall–Kier alpha value is -2.13. The van der Waals surface area contributed by atoms with Gasteiger partial charge in [-0.05, 0) is 55.9 Å². The zero-order valence-electron chi connectivity index (χ0n) is 15.3. The number of aromatic nitrogens is 1. The highest BCUT2D eigenvalue weighted by atomic mass is 32.2. The van der Waals surface area contributed by atoms with Crippen LogP contribution in [-0.2, 0) is 21.4 Å². The molecule has 1 aromatic heterocycles. The van der Waals surface area contributed by atoms with Crippen molar-refractivity contribution in [2.24, 2.45) is 0 Å². The van der Waals surface area contributed by atoms with Crippen LogP contribution < -0.4 is 4.72 Å². The Labute approximate surface area is 162 Å². The van der Waals surface area contributed by atoms with Gasteiger partial charge in [-0.1, -0.05) is 0 Å². The first-order chi connectivity index (χ1) is 13.2. The van der Waals surface area contributed by atoms with Crippen LogP contribution in [0.3, 0.4) is 0 Å².